The third-order valence-corrected chi connectivity index (χ3v) is 4.30. The number of halogens is 1. The second kappa shape index (κ2) is 5.53. The predicted molar refractivity (Wildman–Crippen MR) is 89.0 cm³/mol. The number of imidazole rings is 1. The molecule has 0 radical (unpaired) electrons. The Hall–Kier alpha value is -1.80. The van der Waals surface area contributed by atoms with E-state index in [4.69, 9.17) is 16.6 Å². The van der Waals surface area contributed by atoms with E-state index in [9.17, 15) is 0 Å². The Kier molecular flexibility index (Phi) is 3.73. The molecule has 108 valence electrons. The molecule has 0 aliphatic heterocycles. The lowest BCUT2D eigenvalue weighted by atomic mass is 10.0. The molecule has 2 aromatic carbocycles. The number of aromatic nitrogens is 2. The van der Waals surface area contributed by atoms with E-state index in [-0.39, 0.29) is 6.04 Å². The van der Waals surface area contributed by atoms with Crippen molar-refractivity contribution in [3.63, 3.8) is 0 Å². The predicted octanol–water partition coefficient (Wildman–Crippen LogP) is 5.00. The molecule has 1 aromatic heterocycles. The van der Waals surface area contributed by atoms with E-state index in [1.54, 1.807) is 0 Å². The van der Waals surface area contributed by atoms with Crippen LogP contribution in [0.5, 0.6) is 0 Å². The molecule has 21 heavy (non-hydrogen) atoms. The van der Waals surface area contributed by atoms with Gasteiger partial charge in [0.1, 0.15) is 5.82 Å². The summed E-state index contributed by atoms with van der Waals surface area (Å²) in [7, 11) is 0. The van der Waals surface area contributed by atoms with Crippen LogP contribution in [0.3, 0.4) is 0 Å². The van der Waals surface area contributed by atoms with Crippen LogP contribution in [-0.4, -0.2) is 9.55 Å². The molecule has 3 aromatic rings. The topological polar surface area (TPSA) is 17.8 Å². The standard InChI is InChI=1S/C18H19ClN2/c1-12-8-9-17-16(10-12)20-18(11-19)21(17)14(3)15-7-5-4-6-13(15)2/h4-10,14H,11H2,1-3H3. The fourth-order valence-corrected chi connectivity index (χ4v) is 3.17. The Bertz CT molecular complexity index is 789. The molecule has 1 heterocycles. The summed E-state index contributed by atoms with van der Waals surface area (Å²) in [5.41, 5.74) is 5.98. The average Bonchev–Trinajstić information content (AvgIpc) is 2.84. The number of hydrogen-bond acceptors (Lipinski definition) is 1. The van der Waals surface area contributed by atoms with Crippen LogP contribution >= 0.6 is 11.6 Å². The van der Waals surface area contributed by atoms with E-state index in [1.807, 2.05) is 0 Å². The smallest absolute Gasteiger partial charge is 0.125 e. The number of rotatable bonds is 3. The van der Waals surface area contributed by atoms with Gasteiger partial charge in [0, 0.05) is 0 Å². The first-order valence-electron chi connectivity index (χ1n) is 7.20. The van der Waals surface area contributed by atoms with Gasteiger partial charge in [-0.25, -0.2) is 4.98 Å². The molecular weight excluding hydrogens is 280 g/mol. The zero-order valence-corrected chi connectivity index (χ0v) is 13.4. The molecule has 2 nitrogen and oxygen atoms in total. The summed E-state index contributed by atoms with van der Waals surface area (Å²) < 4.78 is 2.25. The minimum atomic E-state index is 0.215. The van der Waals surface area contributed by atoms with Crippen LogP contribution in [0.2, 0.25) is 0 Å². The van der Waals surface area contributed by atoms with E-state index in [0.29, 0.717) is 5.88 Å². The minimum absolute atomic E-state index is 0.215. The largest absolute Gasteiger partial charge is 0.320 e. The van der Waals surface area contributed by atoms with Crippen molar-refractivity contribution in [1.29, 1.82) is 0 Å². The Morgan fingerprint density at radius 2 is 1.90 bits per heavy atom. The second-order valence-corrected chi connectivity index (χ2v) is 5.82. The van der Waals surface area contributed by atoms with E-state index < -0.39 is 0 Å². The first-order chi connectivity index (χ1) is 10.1. The zero-order chi connectivity index (χ0) is 15.0. The van der Waals surface area contributed by atoms with Crippen LogP contribution in [0.1, 0.15) is 35.5 Å². The SMILES string of the molecule is Cc1ccc2c(c1)nc(CCl)n2C(C)c1ccccc1C. The molecule has 1 atom stereocenters. The van der Waals surface area contributed by atoms with Crippen molar-refractivity contribution in [1.82, 2.24) is 9.55 Å². The molecule has 1 unspecified atom stereocenters. The van der Waals surface area contributed by atoms with Crippen molar-refractivity contribution in [3.8, 4) is 0 Å². The first-order valence-corrected chi connectivity index (χ1v) is 7.74. The number of fused-ring (bicyclic) bond motifs is 1. The van der Waals surface area contributed by atoms with Crippen molar-refractivity contribution >= 4 is 22.6 Å². The highest BCUT2D eigenvalue weighted by atomic mass is 35.5. The highest BCUT2D eigenvalue weighted by Crippen LogP contribution is 2.28. The van der Waals surface area contributed by atoms with E-state index in [1.165, 1.54) is 16.7 Å². The number of hydrogen-bond donors (Lipinski definition) is 0. The molecule has 0 fully saturated rings. The number of alkyl halides is 1. The third-order valence-electron chi connectivity index (χ3n) is 4.06. The number of benzene rings is 2. The summed E-state index contributed by atoms with van der Waals surface area (Å²) in [4.78, 5) is 4.70. The summed E-state index contributed by atoms with van der Waals surface area (Å²) in [5.74, 6) is 1.34. The summed E-state index contributed by atoms with van der Waals surface area (Å²) in [6.45, 7) is 6.44. The summed E-state index contributed by atoms with van der Waals surface area (Å²) in [6, 6.07) is 15.1. The lowest BCUT2D eigenvalue weighted by molar-refractivity contribution is 0.630. The molecule has 0 N–H and O–H groups in total. The monoisotopic (exact) mass is 298 g/mol. The van der Waals surface area contributed by atoms with Gasteiger partial charge in [-0.05, 0) is 49.6 Å². The quantitative estimate of drug-likeness (QED) is 0.622. The summed E-state index contributed by atoms with van der Waals surface area (Å²) >= 11 is 6.13. The molecular formula is C18H19ClN2. The van der Waals surface area contributed by atoms with Gasteiger partial charge in [-0.3, -0.25) is 0 Å². The van der Waals surface area contributed by atoms with Crippen molar-refractivity contribution in [3.05, 3.63) is 65.0 Å². The Balaban J connectivity index is 2.21. The highest BCUT2D eigenvalue weighted by molar-refractivity contribution is 6.16. The molecule has 0 saturated carbocycles. The highest BCUT2D eigenvalue weighted by Gasteiger charge is 2.17. The Morgan fingerprint density at radius 1 is 1.14 bits per heavy atom. The van der Waals surface area contributed by atoms with Crippen LogP contribution < -0.4 is 0 Å². The molecule has 0 spiro atoms. The molecule has 0 bridgehead atoms. The lowest BCUT2D eigenvalue weighted by Gasteiger charge is -2.19. The fraction of sp³-hybridized carbons (Fsp3) is 0.278. The maximum Gasteiger partial charge on any atom is 0.125 e. The normalized spacial score (nSPS) is 12.8. The summed E-state index contributed by atoms with van der Waals surface area (Å²) in [6.07, 6.45) is 0. The maximum atomic E-state index is 6.13. The maximum absolute atomic E-state index is 6.13. The van der Waals surface area contributed by atoms with Crippen LogP contribution in [0.25, 0.3) is 11.0 Å². The van der Waals surface area contributed by atoms with Gasteiger partial charge in [0.05, 0.1) is 23.0 Å². The molecule has 0 amide bonds. The number of nitrogens with zero attached hydrogens (tertiary/aromatic N) is 2. The van der Waals surface area contributed by atoms with Crippen LogP contribution in [0, 0.1) is 13.8 Å². The van der Waals surface area contributed by atoms with Crippen molar-refractivity contribution in [2.45, 2.75) is 32.7 Å². The van der Waals surface area contributed by atoms with Crippen molar-refractivity contribution in [2.75, 3.05) is 0 Å². The van der Waals surface area contributed by atoms with Crippen LogP contribution in [0.4, 0.5) is 0 Å². The lowest BCUT2D eigenvalue weighted by Crippen LogP contribution is -2.11. The number of aryl methyl sites for hydroxylation is 2. The minimum Gasteiger partial charge on any atom is -0.320 e. The van der Waals surface area contributed by atoms with Gasteiger partial charge in [-0.1, -0.05) is 30.3 Å². The zero-order valence-electron chi connectivity index (χ0n) is 12.6. The Labute approximate surface area is 130 Å². The molecule has 3 rings (SSSR count). The van der Waals surface area contributed by atoms with Crippen molar-refractivity contribution in [2.24, 2.45) is 0 Å². The van der Waals surface area contributed by atoms with Gasteiger partial charge in [-0.2, -0.15) is 0 Å². The van der Waals surface area contributed by atoms with Crippen LogP contribution in [0.15, 0.2) is 42.5 Å². The van der Waals surface area contributed by atoms with Gasteiger partial charge in [0.2, 0.25) is 0 Å². The fourth-order valence-electron chi connectivity index (χ4n) is 2.98. The molecule has 0 aliphatic rings. The van der Waals surface area contributed by atoms with Gasteiger partial charge in [-0.15, -0.1) is 11.6 Å². The third kappa shape index (κ3) is 2.44. The first kappa shape index (κ1) is 14.2. The average molecular weight is 299 g/mol. The van der Waals surface area contributed by atoms with Gasteiger partial charge < -0.3 is 4.57 Å². The van der Waals surface area contributed by atoms with Crippen molar-refractivity contribution < 1.29 is 0 Å². The molecule has 3 heteroatoms. The van der Waals surface area contributed by atoms with E-state index in [2.05, 4.69) is 67.8 Å². The Morgan fingerprint density at radius 3 is 2.62 bits per heavy atom. The van der Waals surface area contributed by atoms with Crippen LogP contribution in [-0.2, 0) is 5.88 Å². The van der Waals surface area contributed by atoms with Gasteiger partial charge in [0.15, 0.2) is 0 Å². The molecule has 0 saturated heterocycles. The molecule has 0 aliphatic carbocycles. The summed E-state index contributed by atoms with van der Waals surface area (Å²) in [5, 5.41) is 0. The second-order valence-electron chi connectivity index (χ2n) is 5.56. The van der Waals surface area contributed by atoms with E-state index in [0.717, 1.165) is 16.9 Å². The van der Waals surface area contributed by atoms with E-state index >= 15 is 0 Å². The van der Waals surface area contributed by atoms with Gasteiger partial charge >= 0.3 is 0 Å². The van der Waals surface area contributed by atoms with Gasteiger partial charge in [0.25, 0.3) is 0 Å².